The fourth-order valence-electron chi connectivity index (χ4n) is 2.12. The van der Waals surface area contributed by atoms with Crippen molar-refractivity contribution in [2.75, 3.05) is 19.6 Å². The molecule has 2 heterocycles. The predicted octanol–water partition coefficient (Wildman–Crippen LogP) is 2.17. The van der Waals surface area contributed by atoms with E-state index in [2.05, 4.69) is 17.9 Å². The molecule has 1 aliphatic heterocycles. The average Bonchev–Trinajstić information content (AvgIpc) is 2.86. The normalized spacial score (nSPS) is 15.3. The molecule has 2 amide bonds. The zero-order chi connectivity index (χ0) is 13.7. The lowest BCUT2D eigenvalue weighted by molar-refractivity contribution is -0.131. The number of hydrogen-bond acceptors (Lipinski definition) is 4. The molecule has 0 unspecified atom stereocenters. The summed E-state index contributed by atoms with van der Waals surface area (Å²) < 4.78 is 0. The Morgan fingerprint density at radius 2 is 2.05 bits per heavy atom. The number of thiophene rings is 1. The summed E-state index contributed by atoms with van der Waals surface area (Å²) in [4.78, 5) is 27.0. The van der Waals surface area contributed by atoms with Crippen LogP contribution in [0.5, 0.6) is 0 Å². The first kappa shape index (κ1) is 14.4. The minimum atomic E-state index is -0.128. The number of nitrogens with zero attached hydrogens (tertiary/aromatic N) is 1. The summed E-state index contributed by atoms with van der Waals surface area (Å²) in [7, 11) is 0. The van der Waals surface area contributed by atoms with E-state index in [1.54, 1.807) is 6.07 Å². The molecule has 2 rings (SSSR count). The highest BCUT2D eigenvalue weighted by Gasteiger charge is 2.16. The van der Waals surface area contributed by atoms with Crippen LogP contribution in [0.15, 0.2) is 16.3 Å². The van der Waals surface area contributed by atoms with Gasteiger partial charge in [-0.15, -0.1) is 24.0 Å². The summed E-state index contributed by atoms with van der Waals surface area (Å²) in [6.45, 7) is 2.12. The van der Waals surface area contributed by atoms with Crippen LogP contribution in [0.4, 0.5) is 0 Å². The predicted molar refractivity (Wildman–Crippen MR) is 79.0 cm³/mol. The molecule has 0 aromatic carbocycles. The van der Waals surface area contributed by atoms with Gasteiger partial charge in [0, 0.05) is 36.3 Å². The van der Waals surface area contributed by atoms with Crippen molar-refractivity contribution in [2.24, 2.45) is 0 Å². The third-order valence-corrected chi connectivity index (χ3v) is 4.50. The minimum absolute atomic E-state index is 0.128. The molecule has 19 heavy (non-hydrogen) atoms. The van der Waals surface area contributed by atoms with Gasteiger partial charge >= 0.3 is 0 Å². The molecule has 1 fully saturated rings. The van der Waals surface area contributed by atoms with Crippen LogP contribution in [0.25, 0.3) is 0 Å². The van der Waals surface area contributed by atoms with E-state index in [-0.39, 0.29) is 11.8 Å². The molecule has 4 nitrogen and oxygen atoms in total. The second kappa shape index (κ2) is 6.96. The van der Waals surface area contributed by atoms with Gasteiger partial charge in [0.15, 0.2) is 0 Å². The van der Waals surface area contributed by atoms with Crippen molar-refractivity contribution in [3.8, 4) is 0 Å². The first-order valence-corrected chi connectivity index (χ1v) is 7.83. The van der Waals surface area contributed by atoms with E-state index in [4.69, 9.17) is 0 Å². The molecule has 0 spiro atoms. The van der Waals surface area contributed by atoms with Crippen molar-refractivity contribution in [1.29, 1.82) is 0 Å². The van der Waals surface area contributed by atoms with E-state index in [1.807, 2.05) is 10.3 Å². The lowest BCUT2D eigenvalue weighted by Crippen LogP contribution is -2.37. The molecular formula is C13H18N2O2S2. The van der Waals surface area contributed by atoms with Crippen LogP contribution in [-0.4, -0.2) is 36.3 Å². The first-order valence-electron chi connectivity index (χ1n) is 6.50. The highest BCUT2D eigenvalue weighted by atomic mass is 32.1. The average molecular weight is 298 g/mol. The standard InChI is InChI=1S/C13H18N2O2S2/c16-12(15-6-2-1-3-7-15)4-5-14-13(17)11-8-10(18)9-19-11/h8-9,18H,1-7H2,(H,14,17). The van der Waals surface area contributed by atoms with E-state index >= 15 is 0 Å². The van der Waals surface area contributed by atoms with Crippen molar-refractivity contribution < 1.29 is 9.59 Å². The molecule has 1 aromatic heterocycles. The van der Waals surface area contributed by atoms with Crippen molar-refractivity contribution >= 4 is 35.8 Å². The summed E-state index contributed by atoms with van der Waals surface area (Å²) in [5, 5.41) is 4.59. The molecule has 0 atom stereocenters. The van der Waals surface area contributed by atoms with Crippen LogP contribution in [-0.2, 0) is 4.79 Å². The quantitative estimate of drug-likeness (QED) is 0.837. The number of amides is 2. The number of likely N-dealkylation sites (tertiary alicyclic amines) is 1. The number of hydrogen-bond donors (Lipinski definition) is 2. The minimum Gasteiger partial charge on any atom is -0.351 e. The van der Waals surface area contributed by atoms with Crippen LogP contribution in [0, 0.1) is 0 Å². The molecule has 0 bridgehead atoms. The fourth-order valence-corrected chi connectivity index (χ4v) is 3.18. The van der Waals surface area contributed by atoms with Gasteiger partial charge in [0.1, 0.15) is 0 Å². The maximum Gasteiger partial charge on any atom is 0.261 e. The van der Waals surface area contributed by atoms with Crippen molar-refractivity contribution in [3.63, 3.8) is 0 Å². The Kier molecular flexibility index (Phi) is 5.27. The van der Waals surface area contributed by atoms with Crippen molar-refractivity contribution in [1.82, 2.24) is 10.2 Å². The number of piperidine rings is 1. The Hall–Kier alpha value is -1.01. The van der Waals surface area contributed by atoms with Crippen LogP contribution < -0.4 is 5.32 Å². The topological polar surface area (TPSA) is 49.4 Å². The number of thiol groups is 1. The highest BCUT2D eigenvalue weighted by molar-refractivity contribution is 7.80. The van der Waals surface area contributed by atoms with Crippen LogP contribution in [0.2, 0.25) is 0 Å². The molecule has 1 N–H and O–H groups in total. The van der Waals surface area contributed by atoms with E-state index in [9.17, 15) is 9.59 Å². The fraction of sp³-hybridized carbons (Fsp3) is 0.538. The lowest BCUT2D eigenvalue weighted by Gasteiger charge is -2.26. The Bertz CT molecular complexity index is 453. The second-order valence-electron chi connectivity index (χ2n) is 4.62. The van der Waals surface area contributed by atoms with Gasteiger partial charge in [0.25, 0.3) is 5.91 Å². The maximum absolute atomic E-state index is 11.9. The Balaban J connectivity index is 1.71. The molecular weight excluding hydrogens is 280 g/mol. The van der Waals surface area contributed by atoms with Crippen LogP contribution in [0.3, 0.4) is 0 Å². The van der Waals surface area contributed by atoms with Gasteiger partial charge in [-0.05, 0) is 25.3 Å². The Morgan fingerprint density at radius 1 is 1.32 bits per heavy atom. The molecule has 6 heteroatoms. The molecule has 104 valence electrons. The third kappa shape index (κ3) is 4.24. The van der Waals surface area contributed by atoms with Gasteiger partial charge in [0.2, 0.25) is 5.91 Å². The van der Waals surface area contributed by atoms with Crippen LogP contribution >= 0.6 is 24.0 Å². The van der Waals surface area contributed by atoms with E-state index < -0.39 is 0 Å². The van der Waals surface area contributed by atoms with Crippen molar-refractivity contribution in [2.45, 2.75) is 30.6 Å². The molecule has 0 aliphatic carbocycles. The molecule has 0 radical (unpaired) electrons. The van der Waals surface area contributed by atoms with E-state index in [0.29, 0.717) is 17.8 Å². The molecule has 1 saturated heterocycles. The molecule has 0 saturated carbocycles. The van der Waals surface area contributed by atoms with Crippen molar-refractivity contribution in [3.05, 3.63) is 16.3 Å². The van der Waals surface area contributed by atoms with E-state index in [0.717, 1.165) is 30.8 Å². The summed E-state index contributed by atoms with van der Waals surface area (Å²) in [5.41, 5.74) is 0. The molecule has 1 aliphatic rings. The van der Waals surface area contributed by atoms with Gasteiger partial charge in [-0.25, -0.2) is 0 Å². The summed E-state index contributed by atoms with van der Waals surface area (Å²) in [6.07, 6.45) is 3.78. The van der Waals surface area contributed by atoms with Gasteiger partial charge in [-0.2, -0.15) is 0 Å². The Morgan fingerprint density at radius 3 is 2.68 bits per heavy atom. The second-order valence-corrected chi connectivity index (χ2v) is 6.04. The van der Waals surface area contributed by atoms with Gasteiger partial charge in [-0.3, -0.25) is 9.59 Å². The molecule has 1 aromatic rings. The summed E-state index contributed by atoms with van der Waals surface area (Å²) in [6, 6.07) is 1.73. The summed E-state index contributed by atoms with van der Waals surface area (Å²) in [5.74, 6) is 0.0119. The first-order chi connectivity index (χ1) is 9.16. The zero-order valence-electron chi connectivity index (χ0n) is 10.7. The van der Waals surface area contributed by atoms with Gasteiger partial charge in [-0.1, -0.05) is 0 Å². The summed E-state index contributed by atoms with van der Waals surface area (Å²) >= 11 is 5.52. The third-order valence-electron chi connectivity index (χ3n) is 3.14. The SMILES string of the molecule is O=C(NCCC(=O)N1CCCCC1)c1cc(S)cs1. The zero-order valence-corrected chi connectivity index (χ0v) is 12.4. The number of carbonyl (C=O) groups excluding carboxylic acids is 2. The maximum atomic E-state index is 11.9. The lowest BCUT2D eigenvalue weighted by atomic mass is 10.1. The van der Waals surface area contributed by atoms with Gasteiger partial charge < -0.3 is 10.2 Å². The van der Waals surface area contributed by atoms with E-state index in [1.165, 1.54) is 17.8 Å². The smallest absolute Gasteiger partial charge is 0.261 e. The number of rotatable bonds is 4. The largest absolute Gasteiger partial charge is 0.351 e. The highest BCUT2D eigenvalue weighted by Crippen LogP contribution is 2.17. The Labute approximate surface area is 122 Å². The van der Waals surface area contributed by atoms with Crippen LogP contribution in [0.1, 0.15) is 35.4 Å². The van der Waals surface area contributed by atoms with Gasteiger partial charge in [0.05, 0.1) is 4.88 Å². The number of nitrogens with one attached hydrogen (secondary N) is 1. The number of carbonyl (C=O) groups is 2. The monoisotopic (exact) mass is 298 g/mol.